The smallest absolute Gasteiger partial charge is 0.416 e. The second-order valence-electron chi connectivity index (χ2n) is 5.44. The Hall–Kier alpha value is -2.32. The zero-order valence-electron chi connectivity index (χ0n) is 14.2. The van der Waals surface area contributed by atoms with Gasteiger partial charge in [-0.05, 0) is 31.5 Å². The van der Waals surface area contributed by atoms with E-state index in [1.54, 1.807) is 13.8 Å². The van der Waals surface area contributed by atoms with Crippen molar-refractivity contribution in [2.75, 3.05) is 13.6 Å². The number of aliphatic imine (C=N–C) groups is 1. The van der Waals surface area contributed by atoms with E-state index in [1.807, 2.05) is 0 Å². The van der Waals surface area contributed by atoms with Gasteiger partial charge in [0.2, 0.25) is 0 Å². The maximum absolute atomic E-state index is 13.1. The summed E-state index contributed by atoms with van der Waals surface area (Å²) in [5.74, 6) is -1.13. The molecule has 5 nitrogen and oxygen atoms in total. The van der Waals surface area contributed by atoms with E-state index in [9.17, 15) is 22.4 Å². The highest BCUT2D eigenvalue weighted by atomic mass is 19.4. The summed E-state index contributed by atoms with van der Waals surface area (Å²) >= 11 is 0. The van der Waals surface area contributed by atoms with Crippen molar-refractivity contribution in [2.45, 2.75) is 39.1 Å². The molecule has 2 N–H and O–H groups in total. The maximum Gasteiger partial charge on any atom is 0.416 e. The summed E-state index contributed by atoms with van der Waals surface area (Å²) in [6.07, 6.45) is -4.79. The first-order chi connectivity index (χ1) is 11.6. The van der Waals surface area contributed by atoms with Crippen molar-refractivity contribution < 1.29 is 27.1 Å². The third kappa shape index (κ3) is 7.40. The van der Waals surface area contributed by atoms with E-state index in [0.29, 0.717) is 6.07 Å². The SMILES string of the molecule is CN=C(NCCC(=O)OC(C)C)NCc1ccc(F)cc1C(F)(F)F. The Morgan fingerprint density at radius 1 is 1.28 bits per heavy atom. The molecule has 0 heterocycles. The van der Waals surface area contributed by atoms with Gasteiger partial charge >= 0.3 is 12.1 Å². The molecule has 25 heavy (non-hydrogen) atoms. The van der Waals surface area contributed by atoms with Gasteiger partial charge in [-0.15, -0.1) is 0 Å². The summed E-state index contributed by atoms with van der Waals surface area (Å²) in [7, 11) is 1.44. The zero-order valence-corrected chi connectivity index (χ0v) is 14.2. The van der Waals surface area contributed by atoms with Crippen LogP contribution in [0.5, 0.6) is 0 Å². The fraction of sp³-hybridized carbons (Fsp3) is 0.500. The molecule has 0 amide bonds. The number of carbonyl (C=O) groups is 1. The topological polar surface area (TPSA) is 62.7 Å². The molecule has 140 valence electrons. The second kappa shape index (κ2) is 9.24. The molecule has 1 aromatic rings. The van der Waals surface area contributed by atoms with Crippen LogP contribution in [-0.2, 0) is 22.3 Å². The first-order valence-corrected chi connectivity index (χ1v) is 7.63. The lowest BCUT2D eigenvalue weighted by molar-refractivity contribution is -0.147. The first kappa shape index (κ1) is 20.7. The van der Waals surface area contributed by atoms with Crippen molar-refractivity contribution in [3.8, 4) is 0 Å². The molecule has 0 aliphatic heterocycles. The molecule has 0 unspecified atom stereocenters. The largest absolute Gasteiger partial charge is 0.463 e. The van der Waals surface area contributed by atoms with Crippen LogP contribution in [0.25, 0.3) is 0 Å². The summed E-state index contributed by atoms with van der Waals surface area (Å²) < 4.78 is 56.9. The number of benzene rings is 1. The molecule has 0 saturated carbocycles. The van der Waals surface area contributed by atoms with Crippen molar-refractivity contribution in [3.63, 3.8) is 0 Å². The number of halogens is 4. The van der Waals surface area contributed by atoms with Crippen LogP contribution in [0.15, 0.2) is 23.2 Å². The molecule has 1 aromatic carbocycles. The maximum atomic E-state index is 13.1. The van der Waals surface area contributed by atoms with E-state index < -0.39 is 23.5 Å². The number of nitrogens with zero attached hydrogens (tertiary/aromatic N) is 1. The van der Waals surface area contributed by atoms with E-state index in [-0.39, 0.29) is 37.1 Å². The number of carbonyl (C=O) groups excluding carboxylic acids is 1. The molecule has 0 fully saturated rings. The number of hydrogen-bond acceptors (Lipinski definition) is 3. The highest BCUT2D eigenvalue weighted by molar-refractivity contribution is 5.80. The molecule has 0 aliphatic rings. The summed E-state index contributed by atoms with van der Waals surface area (Å²) in [5, 5.41) is 5.49. The number of hydrogen-bond donors (Lipinski definition) is 2. The normalized spacial score (nSPS) is 12.2. The van der Waals surface area contributed by atoms with Gasteiger partial charge in [0, 0.05) is 20.1 Å². The highest BCUT2D eigenvalue weighted by Crippen LogP contribution is 2.32. The molecule has 0 bridgehead atoms. The van der Waals surface area contributed by atoms with Gasteiger partial charge in [-0.2, -0.15) is 13.2 Å². The Labute approximate surface area is 143 Å². The quantitative estimate of drug-likeness (QED) is 0.353. The van der Waals surface area contributed by atoms with Gasteiger partial charge in [-0.3, -0.25) is 9.79 Å². The molecule has 0 aliphatic carbocycles. The Morgan fingerprint density at radius 3 is 2.52 bits per heavy atom. The van der Waals surface area contributed by atoms with Crippen molar-refractivity contribution in [3.05, 3.63) is 35.1 Å². The molecule has 0 aromatic heterocycles. The van der Waals surface area contributed by atoms with Gasteiger partial charge < -0.3 is 15.4 Å². The summed E-state index contributed by atoms with van der Waals surface area (Å²) in [5.41, 5.74) is -1.16. The molecule has 0 spiro atoms. The number of guanidine groups is 1. The molecular weight excluding hydrogens is 342 g/mol. The van der Waals surface area contributed by atoms with E-state index in [0.717, 1.165) is 12.1 Å². The lowest BCUT2D eigenvalue weighted by Crippen LogP contribution is -2.38. The highest BCUT2D eigenvalue weighted by Gasteiger charge is 2.33. The Morgan fingerprint density at radius 2 is 1.96 bits per heavy atom. The van der Waals surface area contributed by atoms with Crippen LogP contribution in [0.4, 0.5) is 17.6 Å². The van der Waals surface area contributed by atoms with Crippen LogP contribution in [0.2, 0.25) is 0 Å². The lowest BCUT2D eigenvalue weighted by Gasteiger charge is -2.16. The van der Waals surface area contributed by atoms with E-state index in [1.165, 1.54) is 7.05 Å². The zero-order chi connectivity index (χ0) is 19.0. The van der Waals surface area contributed by atoms with Crippen LogP contribution in [0.3, 0.4) is 0 Å². The van der Waals surface area contributed by atoms with Gasteiger partial charge in [0.25, 0.3) is 0 Å². The minimum atomic E-state index is -4.66. The van der Waals surface area contributed by atoms with Gasteiger partial charge in [0.1, 0.15) is 5.82 Å². The molecule has 9 heteroatoms. The van der Waals surface area contributed by atoms with Crippen LogP contribution >= 0.6 is 0 Å². The number of nitrogens with one attached hydrogen (secondary N) is 2. The Kier molecular flexibility index (Phi) is 7.66. The average molecular weight is 363 g/mol. The fourth-order valence-corrected chi connectivity index (χ4v) is 1.97. The number of esters is 1. The molecular formula is C16H21F4N3O2. The molecule has 0 saturated heterocycles. The number of ether oxygens (including phenoxy) is 1. The monoisotopic (exact) mass is 363 g/mol. The fourth-order valence-electron chi connectivity index (χ4n) is 1.97. The van der Waals surface area contributed by atoms with Crippen LogP contribution in [-0.4, -0.2) is 31.6 Å². The van der Waals surface area contributed by atoms with Crippen molar-refractivity contribution in [2.24, 2.45) is 4.99 Å². The predicted molar refractivity (Wildman–Crippen MR) is 85.4 cm³/mol. The Bertz CT molecular complexity index is 616. The minimum absolute atomic E-state index is 0.0865. The van der Waals surface area contributed by atoms with Crippen molar-refractivity contribution >= 4 is 11.9 Å². The average Bonchev–Trinajstić information content (AvgIpc) is 2.49. The van der Waals surface area contributed by atoms with Crippen LogP contribution < -0.4 is 10.6 Å². The third-order valence-electron chi connectivity index (χ3n) is 3.04. The number of rotatable bonds is 6. The lowest BCUT2D eigenvalue weighted by atomic mass is 10.1. The van der Waals surface area contributed by atoms with E-state index in [4.69, 9.17) is 4.74 Å². The van der Waals surface area contributed by atoms with Crippen molar-refractivity contribution in [1.29, 1.82) is 0 Å². The minimum Gasteiger partial charge on any atom is -0.463 e. The van der Waals surface area contributed by atoms with Gasteiger partial charge in [-0.1, -0.05) is 6.07 Å². The first-order valence-electron chi connectivity index (χ1n) is 7.63. The summed E-state index contributed by atoms with van der Waals surface area (Å²) in [6, 6.07) is 2.48. The number of alkyl halides is 3. The summed E-state index contributed by atoms with van der Waals surface area (Å²) in [6.45, 7) is 3.46. The van der Waals surface area contributed by atoms with E-state index >= 15 is 0 Å². The summed E-state index contributed by atoms with van der Waals surface area (Å²) in [4.78, 5) is 15.3. The Balaban J connectivity index is 2.60. The predicted octanol–water partition coefficient (Wildman–Crippen LogP) is 2.85. The molecule has 0 atom stereocenters. The standard InChI is InChI=1S/C16H21F4N3O2/c1-10(2)25-14(24)6-7-22-15(21-3)23-9-11-4-5-12(17)8-13(11)16(18,19)20/h4-5,8,10H,6-7,9H2,1-3H3,(H2,21,22,23). The van der Waals surface area contributed by atoms with Crippen molar-refractivity contribution in [1.82, 2.24) is 10.6 Å². The molecule has 1 rings (SSSR count). The van der Waals surface area contributed by atoms with Gasteiger partial charge in [0.05, 0.1) is 18.1 Å². The van der Waals surface area contributed by atoms with E-state index in [2.05, 4.69) is 15.6 Å². The van der Waals surface area contributed by atoms with Gasteiger partial charge in [-0.25, -0.2) is 4.39 Å². The molecule has 0 radical (unpaired) electrons. The van der Waals surface area contributed by atoms with Crippen LogP contribution in [0, 0.1) is 5.82 Å². The van der Waals surface area contributed by atoms with Crippen LogP contribution in [0.1, 0.15) is 31.4 Å². The van der Waals surface area contributed by atoms with Gasteiger partial charge in [0.15, 0.2) is 5.96 Å². The second-order valence-corrected chi connectivity index (χ2v) is 5.44. The third-order valence-corrected chi connectivity index (χ3v) is 3.04.